The zero-order valence-corrected chi connectivity index (χ0v) is 11.0. The molecule has 0 radical (unpaired) electrons. The molecule has 0 aliphatic rings. The van der Waals surface area contributed by atoms with E-state index in [1.165, 1.54) is 0 Å². The molecule has 17 heavy (non-hydrogen) atoms. The predicted molar refractivity (Wildman–Crippen MR) is 66.4 cm³/mol. The average Bonchev–Trinajstić information content (AvgIpc) is 2.29. The molecule has 1 amide bonds. The van der Waals surface area contributed by atoms with Crippen LogP contribution >= 0.6 is 0 Å². The van der Waals surface area contributed by atoms with Crippen molar-refractivity contribution < 1.29 is 9.53 Å². The van der Waals surface area contributed by atoms with Crippen molar-refractivity contribution in [1.82, 2.24) is 10.2 Å². The van der Waals surface area contributed by atoms with Crippen molar-refractivity contribution in [3.63, 3.8) is 0 Å². The van der Waals surface area contributed by atoms with E-state index in [0.29, 0.717) is 45.1 Å². The summed E-state index contributed by atoms with van der Waals surface area (Å²) in [5.74, 6) is 0.460. The Balaban J connectivity index is 3.99. The maximum atomic E-state index is 11.9. The maximum absolute atomic E-state index is 11.9. The molecular formula is C12H23N3O2. The summed E-state index contributed by atoms with van der Waals surface area (Å²) in [7, 11) is 1.63. The third-order valence-corrected chi connectivity index (χ3v) is 2.19. The van der Waals surface area contributed by atoms with E-state index >= 15 is 0 Å². The van der Waals surface area contributed by atoms with E-state index < -0.39 is 0 Å². The zero-order chi connectivity index (χ0) is 13.1. The highest BCUT2D eigenvalue weighted by Gasteiger charge is 2.13. The van der Waals surface area contributed by atoms with Crippen molar-refractivity contribution >= 4 is 5.91 Å². The van der Waals surface area contributed by atoms with Crippen molar-refractivity contribution in [3.05, 3.63) is 0 Å². The van der Waals surface area contributed by atoms with Gasteiger partial charge >= 0.3 is 0 Å². The lowest BCUT2D eigenvalue weighted by molar-refractivity contribution is -0.130. The molecule has 5 heteroatoms. The largest absolute Gasteiger partial charge is 0.383 e. The Kier molecular flexibility index (Phi) is 9.40. The molecule has 0 atom stereocenters. The highest BCUT2D eigenvalue weighted by molar-refractivity contribution is 5.78. The van der Waals surface area contributed by atoms with Gasteiger partial charge < -0.3 is 15.0 Å². The molecule has 0 unspecified atom stereocenters. The van der Waals surface area contributed by atoms with Crippen LogP contribution in [0.4, 0.5) is 0 Å². The van der Waals surface area contributed by atoms with Gasteiger partial charge in [-0.25, -0.2) is 0 Å². The Morgan fingerprint density at radius 2 is 2.24 bits per heavy atom. The molecule has 0 aromatic heterocycles. The molecule has 0 aliphatic carbocycles. The highest BCUT2D eigenvalue weighted by Crippen LogP contribution is 2.00. The molecule has 0 aromatic rings. The minimum absolute atomic E-state index is 0.0463. The van der Waals surface area contributed by atoms with Crippen LogP contribution in [0.2, 0.25) is 0 Å². The molecule has 0 fully saturated rings. The molecule has 0 bridgehead atoms. The summed E-state index contributed by atoms with van der Waals surface area (Å²) in [6, 6.07) is 2.07. The van der Waals surface area contributed by atoms with Gasteiger partial charge in [-0.3, -0.25) is 4.79 Å². The summed E-state index contributed by atoms with van der Waals surface area (Å²) in [6.07, 6.45) is 0.385. The molecule has 1 N–H and O–H groups in total. The van der Waals surface area contributed by atoms with E-state index in [1.807, 2.05) is 0 Å². The van der Waals surface area contributed by atoms with Crippen LogP contribution < -0.4 is 5.32 Å². The molecule has 0 aromatic carbocycles. The first kappa shape index (κ1) is 15.9. The number of nitrogens with one attached hydrogen (secondary N) is 1. The van der Waals surface area contributed by atoms with Gasteiger partial charge in [0.1, 0.15) is 0 Å². The molecule has 0 heterocycles. The second-order valence-corrected chi connectivity index (χ2v) is 4.31. The van der Waals surface area contributed by atoms with Gasteiger partial charge in [0.05, 0.1) is 25.6 Å². The van der Waals surface area contributed by atoms with Crippen molar-refractivity contribution in [2.75, 3.05) is 39.9 Å². The minimum Gasteiger partial charge on any atom is -0.383 e. The standard InChI is InChI=1S/C12H23N3O2/c1-11(2)10-15(7-4-5-13)12(16)9-14-6-8-17-3/h11,14H,4,6-10H2,1-3H3. The summed E-state index contributed by atoms with van der Waals surface area (Å²) in [5, 5.41) is 11.6. The van der Waals surface area contributed by atoms with E-state index in [-0.39, 0.29) is 5.91 Å². The first-order chi connectivity index (χ1) is 8.11. The smallest absolute Gasteiger partial charge is 0.236 e. The number of hydrogen-bond donors (Lipinski definition) is 1. The summed E-state index contributed by atoms with van der Waals surface area (Å²) >= 11 is 0. The molecule has 5 nitrogen and oxygen atoms in total. The normalized spacial score (nSPS) is 10.3. The summed E-state index contributed by atoms with van der Waals surface area (Å²) < 4.78 is 4.88. The average molecular weight is 241 g/mol. The van der Waals surface area contributed by atoms with E-state index in [9.17, 15) is 4.79 Å². The number of amides is 1. The van der Waals surface area contributed by atoms with Crippen LogP contribution in [0.1, 0.15) is 20.3 Å². The first-order valence-corrected chi connectivity index (χ1v) is 5.96. The molecule has 0 spiro atoms. The number of hydrogen-bond acceptors (Lipinski definition) is 4. The molecule has 0 saturated carbocycles. The summed E-state index contributed by atoms with van der Waals surface area (Å²) in [6.45, 7) is 6.90. The molecule has 0 rings (SSSR count). The lowest BCUT2D eigenvalue weighted by Crippen LogP contribution is -2.41. The van der Waals surface area contributed by atoms with Crippen molar-refractivity contribution in [1.29, 1.82) is 5.26 Å². The molecule has 98 valence electrons. The fourth-order valence-electron chi connectivity index (χ4n) is 1.42. The van der Waals surface area contributed by atoms with Crippen LogP contribution in [0.25, 0.3) is 0 Å². The number of methoxy groups -OCH3 is 1. The number of ether oxygens (including phenoxy) is 1. The van der Waals surface area contributed by atoms with Crippen LogP contribution in [0.3, 0.4) is 0 Å². The minimum atomic E-state index is 0.0463. The fourth-order valence-corrected chi connectivity index (χ4v) is 1.42. The molecular weight excluding hydrogens is 218 g/mol. The molecule has 0 saturated heterocycles. The van der Waals surface area contributed by atoms with Crippen molar-refractivity contribution in [2.45, 2.75) is 20.3 Å². The SMILES string of the molecule is COCCNCC(=O)N(CCC#N)CC(C)C. The van der Waals surface area contributed by atoms with E-state index in [4.69, 9.17) is 10.00 Å². The van der Waals surface area contributed by atoms with Gasteiger partial charge in [-0.05, 0) is 5.92 Å². The third-order valence-electron chi connectivity index (χ3n) is 2.19. The molecule has 0 aliphatic heterocycles. The third kappa shape index (κ3) is 8.66. The summed E-state index contributed by atoms with van der Waals surface area (Å²) in [5.41, 5.74) is 0. The van der Waals surface area contributed by atoms with Crippen LogP contribution in [0.15, 0.2) is 0 Å². The van der Waals surface area contributed by atoms with Gasteiger partial charge in [-0.1, -0.05) is 13.8 Å². The van der Waals surface area contributed by atoms with Gasteiger partial charge in [0, 0.05) is 26.7 Å². The van der Waals surface area contributed by atoms with Crippen molar-refractivity contribution in [2.24, 2.45) is 5.92 Å². The van der Waals surface area contributed by atoms with Crippen molar-refractivity contribution in [3.8, 4) is 6.07 Å². The number of rotatable bonds is 9. The van der Waals surface area contributed by atoms with Gasteiger partial charge in [0.25, 0.3) is 0 Å². The zero-order valence-electron chi connectivity index (χ0n) is 11.0. The number of nitriles is 1. The Hall–Kier alpha value is -1.12. The quantitative estimate of drug-likeness (QED) is 0.601. The van der Waals surface area contributed by atoms with Crippen LogP contribution in [0.5, 0.6) is 0 Å². The Morgan fingerprint density at radius 3 is 2.76 bits per heavy atom. The van der Waals surface area contributed by atoms with E-state index in [1.54, 1.807) is 12.0 Å². The predicted octanol–water partition coefficient (Wildman–Crippen LogP) is 0.621. The number of carbonyl (C=O) groups is 1. The Bertz CT molecular complexity index is 249. The van der Waals surface area contributed by atoms with Gasteiger partial charge in [-0.15, -0.1) is 0 Å². The second kappa shape index (κ2) is 10.1. The van der Waals surface area contributed by atoms with Crippen LogP contribution in [-0.2, 0) is 9.53 Å². The van der Waals surface area contributed by atoms with Gasteiger partial charge in [0.2, 0.25) is 5.91 Å². The van der Waals surface area contributed by atoms with Gasteiger partial charge in [-0.2, -0.15) is 5.26 Å². The lowest BCUT2D eigenvalue weighted by atomic mass is 10.2. The van der Waals surface area contributed by atoms with Crippen LogP contribution in [0, 0.1) is 17.2 Å². The van der Waals surface area contributed by atoms with E-state index in [2.05, 4.69) is 25.2 Å². The number of nitrogens with zero attached hydrogens (tertiary/aromatic N) is 2. The topological polar surface area (TPSA) is 65.4 Å². The van der Waals surface area contributed by atoms with Gasteiger partial charge in [0.15, 0.2) is 0 Å². The second-order valence-electron chi connectivity index (χ2n) is 4.31. The fraction of sp³-hybridized carbons (Fsp3) is 0.833. The monoisotopic (exact) mass is 241 g/mol. The summed E-state index contributed by atoms with van der Waals surface area (Å²) in [4.78, 5) is 13.6. The number of carbonyl (C=O) groups excluding carboxylic acids is 1. The van der Waals surface area contributed by atoms with Crippen LogP contribution in [-0.4, -0.2) is 50.7 Å². The maximum Gasteiger partial charge on any atom is 0.236 e. The van der Waals surface area contributed by atoms with E-state index in [0.717, 1.165) is 0 Å². The lowest BCUT2D eigenvalue weighted by Gasteiger charge is -2.23. The first-order valence-electron chi connectivity index (χ1n) is 5.96. The Labute approximate surface area is 104 Å². The highest BCUT2D eigenvalue weighted by atomic mass is 16.5. The Morgan fingerprint density at radius 1 is 1.53 bits per heavy atom.